The molecule has 6 aromatic heterocycles. The highest BCUT2D eigenvalue weighted by Gasteiger charge is 2.31. The lowest BCUT2D eigenvalue weighted by atomic mass is 9.97. The van der Waals surface area contributed by atoms with E-state index in [1.807, 2.05) is 88.0 Å². The van der Waals surface area contributed by atoms with Gasteiger partial charge in [-0.3, -0.25) is 0 Å². The number of halogens is 3. The van der Waals surface area contributed by atoms with Gasteiger partial charge in [-0.1, -0.05) is 12.1 Å². The molecule has 0 spiro atoms. The molecule has 6 heterocycles. The van der Waals surface area contributed by atoms with Crippen molar-refractivity contribution in [3.05, 3.63) is 194 Å². The van der Waals surface area contributed by atoms with Crippen LogP contribution in [0.2, 0.25) is 0 Å². The van der Waals surface area contributed by atoms with Crippen LogP contribution in [0.3, 0.4) is 0 Å². The molecule has 0 bridgehead atoms. The van der Waals surface area contributed by atoms with Crippen molar-refractivity contribution in [1.29, 1.82) is 5.26 Å². The Morgan fingerprint density at radius 3 is 1.10 bits per heavy atom. The maximum absolute atomic E-state index is 14.6. The molecule has 0 saturated heterocycles. The summed E-state index contributed by atoms with van der Waals surface area (Å²) in [5.74, 6) is 2.11. The molecule has 0 amide bonds. The van der Waals surface area contributed by atoms with E-state index in [0.717, 1.165) is 78.0 Å². The first-order chi connectivity index (χ1) is 33.3. The fourth-order valence-electron chi connectivity index (χ4n) is 9.05. The van der Waals surface area contributed by atoms with Gasteiger partial charge in [-0.2, -0.15) is 18.4 Å². The third kappa shape index (κ3) is 6.76. The fourth-order valence-corrected chi connectivity index (χ4v) is 9.05. The van der Waals surface area contributed by atoms with Gasteiger partial charge in [-0.25, -0.2) is 39.9 Å². The van der Waals surface area contributed by atoms with Crippen LogP contribution in [0.1, 0.15) is 11.1 Å². The number of nitriles is 1. The van der Waals surface area contributed by atoms with Crippen LogP contribution in [-0.2, 0) is 6.18 Å². The van der Waals surface area contributed by atoms with Gasteiger partial charge in [-0.15, -0.1) is 0 Å². The molecule has 68 heavy (non-hydrogen) atoms. The smallest absolute Gasteiger partial charge is 0.309 e. The summed E-state index contributed by atoms with van der Waals surface area (Å²) in [5, 5.41) is 14.5. The Morgan fingerprint density at radius 1 is 0.382 bits per heavy atom. The van der Waals surface area contributed by atoms with Gasteiger partial charge in [0.1, 0.15) is 6.07 Å². The van der Waals surface area contributed by atoms with Crippen LogP contribution in [0.5, 0.6) is 0 Å². The second kappa shape index (κ2) is 15.9. The van der Waals surface area contributed by atoms with Crippen LogP contribution in [0.4, 0.5) is 13.2 Å². The molecule has 0 aliphatic carbocycles. The summed E-state index contributed by atoms with van der Waals surface area (Å²) >= 11 is 0. The number of hydrogen-bond acceptors (Lipinski definition) is 9. The second-order valence-electron chi connectivity index (χ2n) is 16.0. The van der Waals surface area contributed by atoms with Crippen molar-refractivity contribution in [2.75, 3.05) is 0 Å². The van der Waals surface area contributed by atoms with E-state index in [-0.39, 0.29) is 5.56 Å². The van der Waals surface area contributed by atoms with E-state index in [2.05, 4.69) is 45.9 Å². The number of alkyl halides is 3. The maximum Gasteiger partial charge on any atom is 0.416 e. The normalized spacial score (nSPS) is 11.7. The number of rotatable bonds is 7. The van der Waals surface area contributed by atoms with Crippen LogP contribution in [0, 0.1) is 11.3 Å². The van der Waals surface area contributed by atoms with Gasteiger partial charge < -0.3 is 9.13 Å². The SMILES string of the molecule is N#Cc1cc(-n2c3ccc(-c4ncccn4)cc3c3cc(-c4ncccn4)ccc32)c(-c2cccc(C(F)(F)F)c2)cc1-n1c2ccc(-c3ncccn3)cc2c2cc(-c3ncccn3)ccc21. The first-order valence-corrected chi connectivity index (χ1v) is 21.3. The molecule has 0 unspecified atom stereocenters. The summed E-state index contributed by atoms with van der Waals surface area (Å²) < 4.78 is 47.8. The molecule has 0 saturated carbocycles. The first-order valence-electron chi connectivity index (χ1n) is 21.3. The Hall–Kier alpha value is -9.48. The van der Waals surface area contributed by atoms with E-state index in [1.54, 1.807) is 86.0 Å². The second-order valence-corrected chi connectivity index (χ2v) is 16.0. The molecule has 12 aromatic rings. The zero-order chi connectivity index (χ0) is 45.9. The average Bonchev–Trinajstić information content (AvgIpc) is 3.90. The Bertz CT molecular complexity index is 3770. The maximum atomic E-state index is 14.6. The molecule has 6 aromatic carbocycles. The van der Waals surface area contributed by atoms with Gasteiger partial charge in [0.05, 0.1) is 44.6 Å². The van der Waals surface area contributed by atoms with Crippen molar-refractivity contribution in [3.63, 3.8) is 0 Å². The van der Waals surface area contributed by atoms with E-state index in [1.165, 1.54) is 6.07 Å². The van der Waals surface area contributed by atoms with Crippen LogP contribution in [-0.4, -0.2) is 49.0 Å². The molecule has 0 aliphatic rings. The predicted octanol–water partition coefficient (Wildman–Crippen LogP) is 12.3. The Balaban J connectivity index is 1.17. The van der Waals surface area contributed by atoms with E-state index in [0.29, 0.717) is 45.8 Å². The topological polar surface area (TPSA) is 137 Å². The lowest BCUT2D eigenvalue weighted by Gasteiger charge is -2.19. The number of aromatic nitrogens is 10. The molecule has 14 heteroatoms. The quantitative estimate of drug-likeness (QED) is 0.153. The molecule has 12 rings (SSSR count). The van der Waals surface area contributed by atoms with Crippen LogP contribution < -0.4 is 0 Å². The van der Waals surface area contributed by atoms with Crippen LogP contribution >= 0.6 is 0 Å². The Labute approximate surface area is 384 Å². The van der Waals surface area contributed by atoms with E-state index in [4.69, 9.17) is 0 Å². The third-order valence-electron chi connectivity index (χ3n) is 12.0. The fraction of sp³-hybridized carbons (Fsp3) is 0.0185. The van der Waals surface area contributed by atoms with Gasteiger partial charge in [0.2, 0.25) is 0 Å². The molecule has 0 aliphatic heterocycles. The lowest BCUT2D eigenvalue weighted by molar-refractivity contribution is -0.137. The highest BCUT2D eigenvalue weighted by Crippen LogP contribution is 2.44. The summed E-state index contributed by atoms with van der Waals surface area (Å²) in [6.07, 6.45) is 8.81. The van der Waals surface area contributed by atoms with Crippen molar-refractivity contribution in [1.82, 2.24) is 49.0 Å². The van der Waals surface area contributed by atoms with Gasteiger partial charge in [0, 0.05) is 98.9 Å². The highest BCUT2D eigenvalue weighted by atomic mass is 19.4. The number of hydrogen-bond donors (Lipinski definition) is 0. The Morgan fingerprint density at radius 2 is 0.750 bits per heavy atom. The van der Waals surface area contributed by atoms with Gasteiger partial charge >= 0.3 is 6.18 Å². The summed E-state index contributed by atoms with van der Waals surface area (Å²) in [7, 11) is 0. The molecule has 0 atom stereocenters. The van der Waals surface area contributed by atoms with E-state index in [9.17, 15) is 18.4 Å². The summed E-state index contributed by atoms with van der Waals surface area (Å²) in [6, 6.07) is 41.9. The molecule has 11 nitrogen and oxygen atoms in total. The minimum absolute atomic E-state index is 0.277. The van der Waals surface area contributed by atoms with Gasteiger partial charge in [0.15, 0.2) is 23.3 Å². The van der Waals surface area contributed by atoms with Crippen LogP contribution in [0.25, 0.3) is 112 Å². The predicted molar refractivity (Wildman–Crippen MR) is 254 cm³/mol. The summed E-state index contributed by atoms with van der Waals surface area (Å²) in [4.78, 5) is 36.0. The van der Waals surface area contributed by atoms with Crippen molar-refractivity contribution < 1.29 is 13.2 Å². The highest BCUT2D eigenvalue weighted by molar-refractivity contribution is 6.13. The molecular weight excluding hydrogens is 860 g/mol. The van der Waals surface area contributed by atoms with Gasteiger partial charge in [0.25, 0.3) is 0 Å². The van der Waals surface area contributed by atoms with Gasteiger partial charge in [-0.05, 0) is 127 Å². The first kappa shape index (κ1) is 40.1. The largest absolute Gasteiger partial charge is 0.416 e. The third-order valence-corrected chi connectivity index (χ3v) is 12.0. The zero-order valence-electron chi connectivity index (χ0n) is 35.4. The van der Waals surface area contributed by atoms with Crippen molar-refractivity contribution >= 4 is 43.6 Å². The van der Waals surface area contributed by atoms with E-state index >= 15 is 0 Å². The summed E-state index contributed by atoms with van der Waals surface area (Å²) in [5.41, 5.74) is 7.20. The number of nitrogens with zero attached hydrogens (tertiary/aromatic N) is 11. The monoisotopic (exact) mass is 889 g/mol. The number of benzene rings is 6. The zero-order valence-corrected chi connectivity index (χ0v) is 35.4. The molecular formula is C54H30F3N11. The Kier molecular flexibility index (Phi) is 9.36. The van der Waals surface area contributed by atoms with E-state index < -0.39 is 11.7 Å². The van der Waals surface area contributed by atoms with Crippen molar-refractivity contribution in [2.45, 2.75) is 6.18 Å². The minimum Gasteiger partial charge on any atom is -0.309 e. The molecule has 0 fully saturated rings. The number of fused-ring (bicyclic) bond motifs is 6. The molecule has 0 radical (unpaired) electrons. The minimum atomic E-state index is -4.63. The average molecular weight is 890 g/mol. The van der Waals surface area contributed by atoms with Crippen molar-refractivity contribution in [2.24, 2.45) is 0 Å². The van der Waals surface area contributed by atoms with Crippen molar-refractivity contribution in [3.8, 4) is 74.1 Å². The summed E-state index contributed by atoms with van der Waals surface area (Å²) in [6.45, 7) is 0. The molecule has 322 valence electrons. The van der Waals surface area contributed by atoms with Crippen LogP contribution in [0.15, 0.2) is 183 Å². The molecule has 0 N–H and O–H groups in total. The lowest BCUT2D eigenvalue weighted by Crippen LogP contribution is -2.06. The standard InChI is InChI=1S/C54H30F3N11/c55-54(56,57)38-7-1-6-32(24-38)39-30-48(67-44-12-8-33(50-59-16-2-17-60-50)25-40(44)41-26-34(9-13-45(41)67)51-61-18-3-19-62-51)37(31-58)29-49(39)68-46-14-10-35(52-63-20-4-21-64-52)27-42(46)43-28-36(11-15-47(43)68)53-65-22-5-23-66-53/h1-30H.